The number of nitro benzene ring substituents is 1. The summed E-state index contributed by atoms with van der Waals surface area (Å²) < 4.78 is 68.6. The largest absolute Gasteiger partial charge is 0.479 e. The fourth-order valence-electron chi connectivity index (χ4n) is 2.72. The van der Waals surface area contributed by atoms with Crippen molar-refractivity contribution in [3.05, 3.63) is 81.1 Å². The molecule has 0 aliphatic rings. The number of rotatable bonds is 8. The van der Waals surface area contributed by atoms with Crippen LogP contribution in [-0.4, -0.2) is 22.6 Å². The van der Waals surface area contributed by atoms with Gasteiger partial charge < -0.3 is 19.3 Å². The van der Waals surface area contributed by atoms with Crippen molar-refractivity contribution < 1.29 is 46.6 Å². The number of carboxylic acids is 1. The molecule has 34 heavy (non-hydrogen) atoms. The van der Waals surface area contributed by atoms with Crippen LogP contribution in [0.4, 0.5) is 23.2 Å². The van der Waals surface area contributed by atoms with Crippen molar-refractivity contribution in [1.82, 2.24) is 0 Å². The van der Waals surface area contributed by atoms with Gasteiger partial charge in [-0.15, -0.1) is 0 Å². The van der Waals surface area contributed by atoms with Crippen molar-refractivity contribution in [1.29, 1.82) is 0 Å². The quantitative estimate of drug-likeness (QED) is 0.214. The van der Waals surface area contributed by atoms with Crippen molar-refractivity contribution in [3.8, 4) is 28.7 Å². The molecule has 13 heteroatoms. The Morgan fingerprint density at radius 1 is 1.00 bits per heavy atom. The maximum atomic E-state index is 14.0. The van der Waals surface area contributed by atoms with Gasteiger partial charge in [-0.3, -0.25) is 10.1 Å². The summed E-state index contributed by atoms with van der Waals surface area (Å²) in [5.41, 5.74) is -2.18. The first kappa shape index (κ1) is 24.6. The van der Waals surface area contributed by atoms with Crippen molar-refractivity contribution in [2.75, 3.05) is 6.61 Å². The number of aliphatic carboxylic acids is 1. The zero-order valence-corrected chi connectivity index (χ0v) is 17.4. The summed E-state index contributed by atoms with van der Waals surface area (Å²) in [5.74, 6) is -3.95. The third kappa shape index (κ3) is 5.84. The Morgan fingerprint density at radius 2 is 1.68 bits per heavy atom. The number of ether oxygens (including phenoxy) is 3. The summed E-state index contributed by atoms with van der Waals surface area (Å²) in [7, 11) is 0. The van der Waals surface area contributed by atoms with Gasteiger partial charge in [0.05, 0.1) is 9.95 Å². The lowest BCUT2D eigenvalue weighted by molar-refractivity contribution is -0.385. The van der Waals surface area contributed by atoms with Gasteiger partial charge in [0.2, 0.25) is 5.75 Å². The highest BCUT2D eigenvalue weighted by Crippen LogP contribution is 2.42. The number of hydrogen-bond donors (Lipinski definition) is 1. The topological polar surface area (TPSA) is 108 Å². The third-order valence-corrected chi connectivity index (χ3v) is 4.38. The summed E-state index contributed by atoms with van der Waals surface area (Å²) in [6.45, 7) is -0.703. The highest BCUT2D eigenvalue weighted by molar-refractivity contribution is 6.31. The van der Waals surface area contributed by atoms with Crippen LogP contribution in [0.15, 0.2) is 54.6 Å². The molecule has 0 aliphatic heterocycles. The first-order chi connectivity index (χ1) is 16.0. The van der Waals surface area contributed by atoms with E-state index in [0.29, 0.717) is 6.07 Å². The molecule has 3 aromatic carbocycles. The highest BCUT2D eigenvalue weighted by Gasteiger charge is 2.37. The Bertz CT molecular complexity index is 1230. The van der Waals surface area contributed by atoms with Gasteiger partial charge in [0.25, 0.3) is 0 Å². The predicted molar refractivity (Wildman–Crippen MR) is 109 cm³/mol. The van der Waals surface area contributed by atoms with E-state index in [1.165, 1.54) is 24.3 Å². The molecule has 0 spiro atoms. The number of carboxylic acid groups (broad SMARTS) is 1. The van der Waals surface area contributed by atoms with Gasteiger partial charge >= 0.3 is 17.8 Å². The number of carbonyl (C=O) groups is 1. The minimum Gasteiger partial charge on any atom is -0.479 e. The SMILES string of the molecule is O=C(O)COc1ccccc1Oc1cc(Oc2cc(F)c(C(F)(F)F)c(Cl)c2)ccc1[N+](=O)[O-]. The van der Waals surface area contributed by atoms with Crippen LogP contribution in [0, 0.1) is 15.9 Å². The molecular weight excluding hydrogens is 490 g/mol. The third-order valence-electron chi connectivity index (χ3n) is 4.08. The van der Waals surface area contributed by atoms with Gasteiger partial charge in [-0.25, -0.2) is 9.18 Å². The van der Waals surface area contributed by atoms with Gasteiger partial charge in [-0.1, -0.05) is 23.7 Å². The van der Waals surface area contributed by atoms with E-state index in [9.17, 15) is 32.5 Å². The number of hydrogen-bond acceptors (Lipinski definition) is 6. The molecule has 0 saturated heterocycles. The van der Waals surface area contributed by atoms with Gasteiger partial charge in [0.1, 0.15) is 22.9 Å². The van der Waals surface area contributed by atoms with E-state index >= 15 is 0 Å². The fourth-order valence-corrected chi connectivity index (χ4v) is 3.02. The summed E-state index contributed by atoms with van der Waals surface area (Å²) in [6, 6.07) is 10.1. The van der Waals surface area contributed by atoms with Gasteiger partial charge in [-0.2, -0.15) is 13.2 Å². The second kappa shape index (κ2) is 9.83. The first-order valence-corrected chi connectivity index (χ1v) is 9.47. The van der Waals surface area contributed by atoms with Crippen LogP contribution in [0.25, 0.3) is 0 Å². The minimum absolute atomic E-state index is 0.0258. The Labute approximate surface area is 193 Å². The maximum absolute atomic E-state index is 14.0. The van der Waals surface area contributed by atoms with E-state index in [1.54, 1.807) is 0 Å². The van der Waals surface area contributed by atoms with Crippen molar-refractivity contribution in [2.24, 2.45) is 0 Å². The van der Waals surface area contributed by atoms with Gasteiger partial charge in [0, 0.05) is 24.3 Å². The van der Waals surface area contributed by atoms with Crippen LogP contribution in [-0.2, 0) is 11.0 Å². The van der Waals surface area contributed by atoms with E-state index in [2.05, 4.69) is 0 Å². The molecule has 3 aromatic rings. The molecule has 0 amide bonds. The normalized spacial score (nSPS) is 11.1. The second-order valence-corrected chi connectivity index (χ2v) is 6.89. The predicted octanol–water partition coefficient (Wildman–Crippen LogP) is 6.45. The monoisotopic (exact) mass is 501 g/mol. The maximum Gasteiger partial charge on any atom is 0.420 e. The Hall–Kier alpha value is -4.06. The molecular formula is C21H12ClF4NO7. The molecule has 178 valence electrons. The molecule has 0 saturated carbocycles. The molecule has 0 bridgehead atoms. The van der Waals surface area contributed by atoms with Crippen LogP contribution in [0.5, 0.6) is 28.7 Å². The number of alkyl halides is 3. The lowest BCUT2D eigenvalue weighted by Crippen LogP contribution is -2.10. The highest BCUT2D eigenvalue weighted by atomic mass is 35.5. The summed E-state index contributed by atoms with van der Waals surface area (Å²) >= 11 is 5.55. The number of halogens is 5. The minimum atomic E-state index is -5.02. The fraction of sp³-hybridized carbons (Fsp3) is 0.0952. The summed E-state index contributed by atoms with van der Waals surface area (Å²) in [4.78, 5) is 21.4. The molecule has 0 radical (unpaired) electrons. The van der Waals surface area contributed by atoms with E-state index in [4.69, 9.17) is 30.9 Å². The van der Waals surface area contributed by atoms with E-state index in [-0.39, 0.29) is 23.0 Å². The molecule has 0 atom stereocenters. The smallest absolute Gasteiger partial charge is 0.420 e. The van der Waals surface area contributed by atoms with Crippen LogP contribution in [0.3, 0.4) is 0 Å². The molecule has 3 rings (SSSR count). The standard InChI is InChI=1S/C21H12ClF4NO7/c22-13-7-12(8-14(23)20(13)21(24,25)26)33-11-5-6-15(27(30)31)18(9-11)34-17-4-2-1-3-16(17)32-10-19(28)29/h1-9H,10H2,(H,28,29). The summed E-state index contributed by atoms with van der Waals surface area (Å²) in [6.07, 6.45) is -5.02. The van der Waals surface area contributed by atoms with Crippen LogP contribution in [0.1, 0.15) is 5.56 Å². The Morgan fingerprint density at radius 3 is 2.26 bits per heavy atom. The van der Waals surface area contributed by atoms with E-state index in [0.717, 1.165) is 24.3 Å². The average Bonchev–Trinajstić information content (AvgIpc) is 2.71. The van der Waals surface area contributed by atoms with Crippen molar-refractivity contribution in [2.45, 2.75) is 6.18 Å². The summed E-state index contributed by atoms with van der Waals surface area (Å²) in [5, 5.41) is 19.2. The zero-order valence-electron chi connectivity index (χ0n) is 16.6. The Balaban J connectivity index is 1.94. The van der Waals surface area contributed by atoms with Crippen molar-refractivity contribution in [3.63, 3.8) is 0 Å². The Kier molecular flexibility index (Phi) is 7.11. The molecule has 0 unspecified atom stereocenters. The van der Waals surface area contributed by atoms with Crippen LogP contribution < -0.4 is 14.2 Å². The number of benzene rings is 3. The first-order valence-electron chi connectivity index (χ1n) is 9.09. The molecule has 1 N–H and O–H groups in total. The molecule has 0 fully saturated rings. The number of nitrogens with zero attached hydrogens (tertiary/aromatic N) is 1. The van der Waals surface area contributed by atoms with Crippen LogP contribution in [0.2, 0.25) is 5.02 Å². The lowest BCUT2D eigenvalue weighted by atomic mass is 10.2. The molecule has 0 heterocycles. The van der Waals surface area contributed by atoms with Crippen LogP contribution >= 0.6 is 11.6 Å². The lowest BCUT2D eigenvalue weighted by Gasteiger charge is -2.14. The van der Waals surface area contributed by atoms with E-state index < -0.39 is 51.5 Å². The van der Waals surface area contributed by atoms with E-state index in [1.807, 2.05) is 0 Å². The van der Waals surface area contributed by atoms with Gasteiger partial charge in [0.15, 0.2) is 18.1 Å². The van der Waals surface area contributed by atoms with Crippen molar-refractivity contribution >= 4 is 23.3 Å². The second-order valence-electron chi connectivity index (χ2n) is 6.48. The average molecular weight is 502 g/mol. The zero-order chi connectivity index (χ0) is 25.0. The van der Waals surface area contributed by atoms with Gasteiger partial charge in [-0.05, 0) is 18.2 Å². The number of para-hydroxylation sites is 2. The molecule has 0 aliphatic carbocycles. The molecule has 0 aromatic heterocycles. The number of nitro groups is 1. The molecule has 8 nitrogen and oxygen atoms in total.